The van der Waals surface area contributed by atoms with E-state index >= 15 is 0 Å². The maximum absolute atomic E-state index is 13.6. The van der Waals surface area contributed by atoms with Crippen molar-refractivity contribution < 1.29 is 23.8 Å². The largest absolute Gasteiger partial charge is 0.497 e. The van der Waals surface area contributed by atoms with Gasteiger partial charge in [-0.3, -0.25) is 9.69 Å². The van der Waals surface area contributed by atoms with Crippen molar-refractivity contribution in [1.82, 2.24) is 14.8 Å². The molecule has 36 heavy (non-hydrogen) atoms. The highest BCUT2D eigenvalue weighted by atomic mass is 16.6. The zero-order chi connectivity index (χ0) is 25.7. The first-order valence-corrected chi connectivity index (χ1v) is 12.3. The van der Waals surface area contributed by atoms with Gasteiger partial charge >= 0.3 is 6.09 Å². The number of piperazine rings is 1. The standard InChI is InChI=1S/C27H34N4O5/c1-5-36-27(33)30-14-12-29(13-15-30)18-26(32)31-24(21-9-7-6-8-19(21)2)17-23(28-31)22-11-10-20(34-3)16-25(22)35-4/h6-11,16,24H,5,12-15,17-18H2,1-4H3/t24-/m0/s1. The molecule has 192 valence electrons. The second kappa shape index (κ2) is 11.4. The number of hydrazone groups is 1. The molecule has 2 aromatic rings. The van der Waals surface area contributed by atoms with Gasteiger partial charge in [-0.2, -0.15) is 5.10 Å². The summed E-state index contributed by atoms with van der Waals surface area (Å²) in [6, 6.07) is 13.5. The van der Waals surface area contributed by atoms with Crippen molar-refractivity contribution in [3.05, 3.63) is 59.2 Å². The van der Waals surface area contributed by atoms with Crippen LogP contribution in [-0.2, 0) is 9.53 Å². The average molecular weight is 495 g/mol. The molecule has 0 aliphatic carbocycles. The zero-order valence-corrected chi connectivity index (χ0v) is 21.4. The molecule has 9 nitrogen and oxygen atoms in total. The number of aryl methyl sites for hydroxylation is 1. The van der Waals surface area contributed by atoms with E-state index in [9.17, 15) is 9.59 Å². The molecule has 2 aromatic carbocycles. The normalized spacial score (nSPS) is 18.1. The highest BCUT2D eigenvalue weighted by molar-refractivity contribution is 6.05. The van der Waals surface area contributed by atoms with Gasteiger partial charge in [-0.25, -0.2) is 9.80 Å². The van der Waals surface area contributed by atoms with E-state index in [-0.39, 0.29) is 24.6 Å². The first-order chi connectivity index (χ1) is 17.4. The number of rotatable bonds is 7. The first kappa shape index (κ1) is 25.5. The number of ether oxygens (including phenoxy) is 3. The number of hydrogen-bond acceptors (Lipinski definition) is 7. The van der Waals surface area contributed by atoms with Gasteiger partial charge in [-0.1, -0.05) is 24.3 Å². The van der Waals surface area contributed by atoms with Gasteiger partial charge < -0.3 is 19.1 Å². The molecule has 2 aliphatic heterocycles. The second-order valence-corrected chi connectivity index (χ2v) is 8.89. The lowest BCUT2D eigenvalue weighted by Crippen LogP contribution is -2.51. The molecule has 1 atom stereocenters. The number of benzene rings is 2. The molecular weight excluding hydrogens is 460 g/mol. The van der Waals surface area contributed by atoms with E-state index in [1.807, 2.05) is 30.3 Å². The summed E-state index contributed by atoms with van der Waals surface area (Å²) < 4.78 is 16.0. The number of hydrogen-bond donors (Lipinski definition) is 0. The fraction of sp³-hybridized carbons (Fsp3) is 0.444. The van der Waals surface area contributed by atoms with Crippen LogP contribution >= 0.6 is 0 Å². The van der Waals surface area contributed by atoms with Crippen LogP contribution in [0.5, 0.6) is 11.5 Å². The predicted octanol–water partition coefficient (Wildman–Crippen LogP) is 3.46. The third-order valence-electron chi connectivity index (χ3n) is 6.69. The van der Waals surface area contributed by atoms with Gasteiger partial charge in [0.25, 0.3) is 5.91 Å². The lowest BCUT2D eigenvalue weighted by Gasteiger charge is -2.34. The molecule has 0 N–H and O–H groups in total. The summed E-state index contributed by atoms with van der Waals surface area (Å²) in [6.45, 7) is 6.71. The van der Waals surface area contributed by atoms with Gasteiger partial charge in [0, 0.05) is 44.2 Å². The summed E-state index contributed by atoms with van der Waals surface area (Å²) in [5.74, 6) is 1.27. The average Bonchev–Trinajstić information content (AvgIpc) is 3.34. The molecule has 9 heteroatoms. The molecule has 1 fully saturated rings. The lowest BCUT2D eigenvalue weighted by atomic mass is 9.95. The summed E-state index contributed by atoms with van der Waals surface area (Å²) in [7, 11) is 3.23. The third kappa shape index (κ3) is 5.46. The van der Waals surface area contributed by atoms with Gasteiger partial charge in [-0.15, -0.1) is 0 Å². The van der Waals surface area contributed by atoms with Crippen molar-refractivity contribution in [2.45, 2.75) is 26.3 Å². The Kier molecular flexibility index (Phi) is 8.10. The molecule has 2 aliphatic rings. The van der Waals surface area contributed by atoms with Gasteiger partial charge in [-0.05, 0) is 37.1 Å². The highest BCUT2D eigenvalue weighted by Gasteiger charge is 2.36. The third-order valence-corrected chi connectivity index (χ3v) is 6.69. The molecule has 4 rings (SSSR count). The minimum atomic E-state index is -0.301. The molecular formula is C27H34N4O5. The van der Waals surface area contributed by atoms with E-state index in [4.69, 9.17) is 19.3 Å². The fourth-order valence-corrected chi connectivity index (χ4v) is 4.71. The van der Waals surface area contributed by atoms with Crippen LogP contribution in [0.25, 0.3) is 0 Å². The molecule has 0 radical (unpaired) electrons. The van der Waals surface area contributed by atoms with Crippen molar-refractivity contribution >= 4 is 17.7 Å². The molecule has 0 spiro atoms. The zero-order valence-electron chi connectivity index (χ0n) is 21.4. The summed E-state index contributed by atoms with van der Waals surface area (Å²) in [6.07, 6.45) is 0.279. The molecule has 1 saturated heterocycles. The molecule has 0 bridgehead atoms. The van der Waals surface area contributed by atoms with E-state index in [2.05, 4.69) is 24.0 Å². The van der Waals surface area contributed by atoms with E-state index in [1.54, 1.807) is 31.1 Å². The van der Waals surface area contributed by atoms with E-state index in [1.165, 1.54) is 0 Å². The Morgan fingerprint density at radius 1 is 1.03 bits per heavy atom. The van der Waals surface area contributed by atoms with Crippen LogP contribution in [0.3, 0.4) is 0 Å². The van der Waals surface area contributed by atoms with Gasteiger partial charge in [0.15, 0.2) is 0 Å². The van der Waals surface area contributed by atoms with Crippen LogP contribution in [0.4, 0.5) is 4.79 Å². The quantitative estimate of drug-likeness (QED) is 0.586. The van der Waals surface area contributed by atoms with Crippen LogP contribution < -0.4 is 9.47 Å². The molecule has 2 heterocycles. The van der Waals surface area contributed by atoms with Crippen molar-refractivity contribution in [2.24, 2.45) is 5.10 Å². The van der Waals surface area contributed by atoms with Crippen molar-refractivity contribution in [3.63, 3.8) is 0 Å². The Morgan fingerprint density at radius 3 is 2.44 bits per heavy atom. The van der Waals surface area contributed by atoms with Crippen LogP contribution in [0.2, 0.25) is 0 Å². The Balaban J connectivity index is 1.55. The molecule has 2 amide bonds. The predicted molar refractivity (Wildman–Crippen MR) is 137 cm³/mol. The molecule has 0 aromatic heterocycles. The first-order valence-electron chi connectivity index (χ1n) is 12.3. The van der Waals surface area contributed by atoms with Gasteiger partial charge in [0.1, 0.15) is 11.5 Å². The number of nitrogens with zero attached hydrogens (tertiary/aromatic N) is 4. The number of carbonyl (C=O) groups is 2. The van der Waals surface area contributed by atoms with E-state index in [0.717, 1.165) is 22.4 Å². The highest BCUT2D eigenvalue weighted by Crippen LogP contribution is 2.37. The van der Waals surface area contributed by atoms with Crippen LogP contribution in [0.15, 0.2) is 47.6 Å². The van der Waals surface area contributed by atoms with Crippen LogP contribution in [-0.4, -0.2) is 86.1 Å². The minimum absolute atomic E-state index is 0.0738. The molecule has 0 unspecified atom stereocenters. The van der Waals surface area contributed by atoms with E-state index in [0.29, 0.717) is 50.7 Å². The summed E-state index contributed by atoms with van der Waals surface area (Å²) in [5, 5.41) is 6.45. The van der Waals surface area contributed by atoms with Crippen LogP contribution in [0.1, 0.15) is 36.1 Å². The summed E-state index contributed by atoms with van der Waals surface area (Å²) in [4.78, 5) is 29.3. The maximum atomic E-state index is 13.6. The number of amides is 2. The Hall–Kier alpha value is -3.59. The lowest BCUT2D eigenvalue weighted by molar-refractivity contribution is -0.134. The number of carbonyl (C=O) groups excluding carboxylic acids is 2. The summed E-state index contributed by atoms with van der Waals surface area (Å²) in [5.41, 5.74) is 3.82. The van der Waals surface area contributed by atoms with Crippen molar-refractivity contribution in [1.29, 1.82) is 0 Å². The molecule has 0 saturated carbocycles. The second-order valence-electron chi connectivity index (χ2n) is 8.89. The fourth-order valence-electron chi connectivity index (χ4n) is 4.71. The monoisotopic (exact) mass is 494 g/mol. The van der Waals surface area contributed by atoms with Crippen molar-refractivity contribution in [2.75, 3.05) is 53.6 Å². The number of methoxy groups -OCH3 is 2. The minimum Gasteiger partial charge on any atom is -0.497 e. The van der Waals surface area contributed by atoms with Gasteiger partial charge in [0.05, 0.1) is 39.1 Å². The Morgan fingerprint density at radius 2 is 1.78 bits per heavy atom. The Bertz CT molecular complexity index is 1130. The van der Waals surface area contributed by atoms with E-state index < -0.39 is 0 Å². The SMILES string of the molecule is CCOC(=O)N1CCN(CC(=O)N2N=C(c3ccc(OC)cc3OC)C[C@H]2c2ccccc2C)CC1. The topological polar surface area (TPSA) is 83.9 Å². The summed E-state index contributed by atoms with van der Waals surface area (Å²) >= 11 is 0. The van der Waals surface area contributed by atoms with Crippen LogP contribution in [0, 0.1) is 6.92 Å². The smallest absolute Gasteiger partial charge is 0.409 e. The van der Waals surface area contributed by atoms with Crippen molar-refractivity contribution in [3.8, 4) is 11.5 Å². The maximum Gasteiger partial charge on any atom is 0.409 e. The van der Waals surface area contributed by atoms with Gasteiger partial charge in [0.2, 0.25) is 0 Å². The Labute approximate surface area is 212 Å².